The van der Waals surface area contributed by atoms with Crippen LogP contribution in [-0.4, -0.2) is 25.1 Å². The first kappa shape index (κ1) is 16.2. The molecule has 0 aromatic carbocycles. The molecule has 110 valence electrons. The Balaban J connectivity index is 2.98. The van der Waals surface area contributed by atoms with Crippen molar-refractivity contribution >= 4 is 10.0 Å². The highest BCUT2D eigenvalue weighted by Gasteiger charge is 2.18. The Hall–Kier alpha value is -0.850. The molecule has 0 atom stereocenters. The average Bonchev–Trinajstić information content (AvgIpc) is 2.68. The van der Waals surface area contributed by atoms with Crippen molar-refractivity contribution in [1.29, 1.82) is 0 Å². The standard InChI is InChI=1S/C13H25N3O2S/c1-6-16-9-13(19(17,18)15-11(4)5)7-12(16)8-14-10(2)3/h7,9-11,14-15H,6,8H2,1-5H3. The molecule has 0 amide bonds. The highest BCUT2D eigenvalue weighted by molar-refractivity contribution is 7.89. The molecule has 0 saturated carbocycles. The van der Waals surface area contributed by atoms with Gasteiger partial charge < -0.3 is 9.88 Å². The maximum absolute atomic E-state index is 12.1. The Morgan fingerprint density at radius 1 is 1.21 bits per heavy atom. The molecule has 0 aliphatic heterocycles. The fourth-order valence-corrected chi connectivity index (χ4v) is 3.12. The van der Waals surface area contributed by atoms with Gasteiger partial charge in [0, 0.05) is 37.1 Å². The third-order valence-corrected chi connectivity index (χ3v) is 4.32. The molecule has 6 heteroatoms. The van der Waals surface area contributed by atoms with Crippen LogP contribution < -0.4 is 10.0 Å². The summed E-state index contributed by atoms with van der Waals surface area (Å²) in [4.78, 5) is 0.337. The van der Waals surface area contributed by atoms with Crippen LogP contribution in [0.4, 0.5) is 0 Å². The molecule has 5 nitrogen and oxygen atoms in total. The van der Waals surface area contributed by atoms with Crippen molar-refractivity contribution in [3.8, 4) is 0 Å². The first-order valence-corrected chi connectivity index (χ1v) is 8.19. The van der Waals surface area contributed by atoms with Gasteiger partial charge in [-0.1, -0.05) is 13.8 Å². The summed E-state index contributed by atoms with van der Waals surface area (Å²) in [7, 11) is -3.41. The normalized spacial score (nSPS) is 12.6. The minimum absolute atomic E-state index is 0.104. The van der Waals surface area contributed by atoms with Crippen LogP contribution in [0.1, 0.15) is 40.3 Å². The van der Waals surface area contributed by atoms with Gasteiger partial charge in [0.05, 0.1) is 4.90 Å². The van der Waals surface area contributed by atoms with Gasteiger partial charge in [0.1, 0.15) is 0 Å². The molecular formula is C13H25N3O2S. The topological polar surface area (TPSA) is 63.1 Å². The van der Waals surface area contributed by atoms with Gasteiger partial charge in [-0.2, -0.15) is 0 Å². The number of aromatic nitrogens is 1. The summed E-state index contributed by atoms with van der Waals surface area (Å²) >= 11 is 0. The van der Waals surface area contributed by atoms with Crippen LogP contribution in [0, 0.1) is 0 Å². The second-order valence-corrected chi connectivity index (χ2v) is 6.98. The molecule has 0 bridgehead atoms. The van der Waals surface area contributed by atoms with E-state index < -0.39 is 10.0 Å². The monoisotopic (exact) mass is 287 g/mol. The molecule has 0 aliphatic carbocycles. The predicted octanol–water partition coefficient (Wildman–Crippen LogP) is 1.69. The molecule has 1 aromatic heterocycles. The summed E-state index contributed by atoms with van der Waals surface area (Å²) < 4.78 is 28.8. The van der Waals surface area contributed by atoms with Crippen molar-refractivity contribution in [3.05, 3.63) is 18.0 Å². The van der Waals surface area contributed by atoms with Crippen molar-refractivity contribution in [3.63, 3.8) is 0 Å². The number of hydrogen-bond donors (Lipinski definition) is 2. The van der Waals surface area contributed by atoms with Crippen LogP contribution in [0.2, 0.25) is 0 Å². The van der Waals surface area contributed by atoms with Crippen molar-refractivity contribution in [2.24, 2.45) is 0 Å². The van der Waals surface area contributed by atoms with Gasteiger partial charge in [-0.05, 0) is 26.8 Å². The highest BCUT2D eigenvalue weighted by Crippen LogP contribution is 2.15. The van der Waals surface area contributed by atoms with E-state index in [4.69, 9.17) is 0 Å². The minimum Gasteiger partial charge on any atom is -0.349 e. The Labute approximate surface area is 116 Å². The van der Waals surface area contributed by atoms with Crippen LogP contribution in [0.3, 0.4) is 0 Å². The van der Waals surface area contributed by atoms with Crippen molar-refractivity contribution in [2.45, 2.75) is 64.7 Å². The van der Waals surface area contributed by atoms with E-state index in [9.17, 15) is 8.42 Å². The Kier molecular flexibility index (Phi) is 5.58. The first-order chi connectivity index (χ1) is 8.76. The van der Waals surface area contributed by atoms with Crippen LogP contribution in [0.25, 0.3) is 0 Å². The van der Waals surface area contributed by atoms with Gasteiger partial charge >= 0.3 is 0 Å². The maximum Gasteiger partial charge on any atom is 0.242 e. The summed E-state index contributed by atoms with van der Waals surface area (Å²) in [6, 6.07) is 2.00. The quantitative estimate of drug-likeness (QED) is 0.802. The average molecular weight is 287 g/mol. The van der Waals surface area contributed by atoms with Crippen molar-refractivity contribution in [2.75, 3.05) is 0 Å². The first-order valence-electron chi connectivity index (χ1n) is 6.71. The predicted molar refractivity (Wildman–Crippen MR) is 77.5 cm³/mol. The number of rotatable bonds is 7. The van der Waals surface area contributed by atoms with Gasteiger partial charge in [-0.15, -0.1) is 0 Å². The number of nitrogens with zero attached hydrogens (tertiary/aromatic N) is 1. The third-order valence-electron chi connectivity index (χ3n) is 2.69. The number of hydrogen-bond acceptors (Lipinski definition) is 3. The molecule has 0 unspecified atom stereocenters. The fraction of sp³-hybridized carbons (Fsp3) is 0.692. The summed E-state index contributed by atoms with van der Waals surface area (Å²) in [5, 5.41) is 3.31. The summed E-state index contributed by atoms with van der Waals surface area (Å²) in [6.07, 6.45) is 1.70. The molecule has 0 radical (unpaired) electrons. The van der Waals surface area contributed by atoms with Crippen LogP contribution in [0.5, 0.6) is 0 Å². The maximum atomic E-state index is 12.1. The molecule has 0 saturated heterocycles. The molecule has 1 aromatic rings. The Morgan fingerprint density at radius 2 is 1.84 bits per heavy atom. The van der Waals surface area contributed by atoms with E-state index in [0.29, 0.717) is 17.5 Å². The van der Waals surface area contributed by atoms with E-state index in [2.05, 4.69) is 23.9 Å². The zero-order valence-electron chi connectivity index (χ0n) is 12.4. The van der Waals surface area contributed by atoms with Crippen LogP contribution in [0.15, 0.2) is 17.2 Å². The molecule has 0 spiro atoms. The highest BCUT2D eigenvalue weighted by atomic mass is 32.2. The lowest BCUT2D eigenvalue weighted by atomic mass is 10.3. The lowest BCUT2D eigenvalue weighted by molar-refractivity contribution is 0.561. The van der Waals surface area contributed by atoms with Gasteiger partial charge in [0.2, 0.25) is 10.0 Å². The van der Waals surface area contributed by atoms with E-state index in [0.717, 1.165) is 12.2 Å². The van der Waals surface area contributed by atoms with Gasteiger partial charge in [0.15, 0.2) is 0 Å². The fourth-order valence-electron chi connectivity index (χ4n) is 1.80. The van der Waals surface area contributed by atoms with Crippen molar-refractivity contribution in [1.82, 2.24) is 14.6 Å². The molecular weight excluding hydrogens is 262 g/mol. The van der Waals surface area contributed by atoms with E-state index >= 15 is 0 Å². The SMILES string of the molecule is CCn1cc(S(=O)(=O)NC(C)C)cc1CNC(C)C. The van der Waals surface area contributed by atoms with E-state index in [1.807, 2.05) is 25.3 Å². The minimum atomic E-state index is -3.41. The third kappa shape index (κ3) is 4.63. The van der Waals surface area contributed by atoms with Gasteiger partial charge in [-0.25, -0.2) is 13.1 Å². The smallest absolute Gasteiger partial charge is 0.242 e. The number of sulfonamides is 1. The molecule has 19 heavy (non-hydrogen) atoms. The van der Waals surface area contributed by atoms with Crippen LogP contribution >= 0.6 is 0 Å². The van der Waals surface area contributed by atoms with Gasteiger partial charge in [0.25, 0.3) is 0 Å². The molecule has 0 fully saturated rings. The Bertz CT molecular complexity index is 504. The molecule has 1 heterocycles. The largest absolute Gasteiger partial charge is 0.349 e. The second-order valence-electron chi connectivity index (χ2n) is 5.26. The zero-order chi connectivity index (χ0) is 14.6. The van der Waals surface area contributed by atoms with Gasteiger partial charge in [-0.3, -0.25) is 0 Å². The van der Waals surface area contributed by atoms with E-state index in [1.54, 1.807) is 12.3 Å². The van der Waals surface area contributed by atoms with E-state index in [1.165, 1.54) is 0 Å². The Morgan fingerprint density at radius 3 is 2.32 bits per heavy atom. The molecule has 2 N–H and O–H groups in total. The van der Waals surface area contributed by atoms with Crippen molar-refractivity contribution < 1.29 is 8.42 Å². The second kappa shape index (κ2) is 6.54. The van der Waals surface area contributed by atoms with E-state index in [-0.39, 0.29) is 6.04 Å². The van der Waals surface area contributed by atoms with Crippen LogP contribution in [-0.2, 0) is 23.1 Å². The number of nitrogens with one attached hydrogen (secondary N) is 2. The summed E-state index contributed by atoms with van der Waals surface area (Å²) in [6.45, 7) is 11.2. The number of aryl methyl sites for hydroxylation is 1. The molecule has 1 rings (SSSR count). The zero-order valence-corrected chi connectivity index (χ0v) is 13.2. The lowest BCUT2D eigenvalue weighted by Crippen LogP contribution is -2.30. The summed E-state index contributed by atoms with van der Waals surface area (Å²) in [5.74, 6) is 0. The summed E-state index contributed by atoms with van der Waals surface area (Å²) in [5.41, 5.74) is 0.986. The molecule has 0 aliphatic rings. The lowest BCUT2D eigenvalue weighted by Gasteiger charge is -2.09.